The number of hydrogen-bond acceptors (Lipinski definition) is 6. The van der Waals surface area contributed by atoms with Gasteiger partial charge in [-0.15, -0.1) is 11.3 Å². The van der Waals surface area contributed by atoms with Gasteiger partial charge in [-0.3, -0.25) is 9.69 Å². The third kappa shape index (κ3) is 3.84. The maximum absolute atomic E-state index is 12.5. The average Bonchev–Trinajstić information content (AvgIpc) is 3.39. The van der Waals surface area contributed by atoms with E-state index < -0.39 is 0 Å². The Balaban J connectivity index is 1.37. The number of aromatic nitrogens is 1. The molecule has 1 fully saturated rings. The number of rotatable bonds is 6. The predicted molar refractivity (Wildman–Crippen MR) is 99.4 cm³/mol. The maximum Gasteiger partial charge on any atom is 0.237 e. The number of carbonyl (C=O) groups is 1. The zero-order valence-corrected chi connectivity index (χ0v) is 15.3. The Morgan fingerprint density at radius 3 is 3.16 bits per heavy atom. The van der Waals surface area contributed by atoms with E-state index >= 15 is 0 Å². The van der Waals surface area contributed by atoms with Crippen LogP contribution in [0.4, 0.5) is 0 Å². The van der Waals surface area contributed by atoms with Crippen LogP contribution < -0.4 is 5.32 Å². The first kappa shape index (κ1) is 16.5. The molecule has 1 aliphatic rings. The molecular weight excluding hydrogens is 354 g/mol. The minimum atomic E-state index is -0.0822. The van der Waals surface area contributed by atoms with Gasteiger partial charge < -0.3 is 9.73 Å². The van der Waals surface area contributed by atoms with Crippen LogP contribution in [0.2, 0.25) is 0 Å². The molecule has 1 unspecified atom stereocenters. The zero-order chi connectivity index (χ0) is 17.1. The number of furan rings is 1. The van der Waals surface area contributed by atoms with Gasteiger partial charge in [0.15, 0.2) is 0 Å². The second-order valence-electron chi connectivity index (χ2n) is 6.08. The summed E-state index contributed by atoms with van der Waals surface area (Å²) in [4.78, 5) is 19.5. The summed E-state index contributed by atoms with van der Waals surface area (Å²) in [6.07, 6.45) is 3.56. The van der Waals surface area contributed by atoms with E-state index in [1.54, 1.807) is 28.9 Å². The summed E-state index contributed by atoms with van der Waals surface area (Å²) in [5.41, 5.74) is 2.22. The summed E-state index contributed by atoms with van der Waals surface area (Å²) >= 11 is 3.35. The zero-order valence-electron chi connectivity index (χ0n) is 13.7. The van der Waals surface area contributed by atoms with E-state index in [1.807, 2.05) is 12.1 Å². The molecule has 1 atom stereocenters. The smallest absolute Gasteiger partial charge is 0.237 e. The summed E-state index contributed by atoms with van der Waals surface area (Å²) in [5, 5.41) is 10.3. The lowest BCUT2D eigenvalue weighted by Crippen LogP contribution is -2.42. The second-order valence-corrected chi connectivity index (χ2v) is 7.72. The largest absolute Gasteiger partial charge is 0.467 e. The first-order chi connectivity index (χ1) is 12.3. The number of carbonyl (C=O) groups excluding carboxylic acids is 1. The van der Waals surface area contributed by atoms with Crippen molar-refractivity contribution < 1.29 is 9.21 Å². The molecule has 3 aromatic heterocycles. The van der Waals surface area contributed by atoms with E-state index in [2.05, 4.69) is 32.4 Å². The fourth-order valence-corrected chi connectivity index (χ4v) is 4.65. The Labute approximate surface area is 154 Å². The van der Waals surface area contributed by atoms with Crippen LogP contribution in [0.15, 0.2) is 45.0 Å². The molecule has 4 heterocycles. The second kappa shape index (κ2) is 7.51. The molecule has 130 valence electrons. The number of thiophene rings is 1. The van der Waals surface area contributed by atoms with Crippen LogP contribution in [0, 0.1) is 0 Å². The summed E-state index contributed by atoms with van der Waals surface area (Å²) in [6.45, 7) is 2.10. The summed E-state index contributed by atoms with van der Waals surface area (Å²) in [5.74, 6) is 0.847. The average molecular weight is 374 g/mol. The lowest BCUT2D eigenvalue weighted by atomic mass is 10.2. The van der Waals surface area contributed by atoms with Gasteiger partial charge in [0.1, 0.15) is 10.8 Å². The van der Waals surface area contributed by atoms with Gasteiger partial charge in [-0.25, -0.2) is 4.98 Å². The molecule has 0 aliphatic carbocycles. The molecule has 25 heavy (non-hydrogen) atoms. The topological polar surface area (TPSA) is 58.4 Å². The van der Waals surface area contributed by atoms with Crippen molar-refractivity contribution in [2.45, 2.75) is 32.0 Å². The van der Waals surface area contributed by atoms with Crippen molar-refractivity contribution in [1.82, 2.24) is 15.2 Å². The molecule has 4 rings (SSSR count). The molecule has 1 aliphatic heterocycles. The highest BCUT2D eigenvalue weighted by Gasteiger charge is 2.31. The SMILES string of the molecule is O=C(NCc1ccco1)C1CCCN1Cc1csc(-c2ccsc2)n1. The Morgan fingerprint density at radius 2 is 2.36 bits per heavy atom. The lowest BCUT2D eigenvalue weighted by Gasteiger charge is -2.22. The fourth-order valence-electron chi connectivity index (χ4n) is 3.12. The Morgan fingerprint density at radius 1 is 1.40 bits per heavy atom. The molecule has 3 aromatic rings. The van der Waals surface area contributed by atoms with Gasteiger partial charge in [-0.1, -0.05) is 0 Å². The first-order valence-corrected chi connectivity index (χ1v) is 10.1. The molecule has 1 N–H and O–H groups in total. The molecular formula is C18H19N3O2S2. The van der Waals surface area contributed by atoms with E-state index in [0.717, 1.165) is 42.4 Å². The lowest BCUT2D eigenvalue weighted by molar-refractivity contribution is -0.125. The summed E-state index contributed by atoms with van der Waals surface area (Å²) in [7, 11) is 0. The van der Waals surface area contributed by atoms with Crippen LogP contribution in [0.5, 0.6) is 0 Å². The van der Waals surface area contributed by atoms with Crippen molar-refractivity contribution in [3.05, 3.63) is 52.1 Å². The van der Waals surface area contributed by atoms with Gasteiger partial charge in [-0.2, -0.15) is 11.3 Å². The van der Waals surface area contributed by atoms with E-state index in [4.69, 9.17) is 9.40 Å². The predicted octanol–water partition coefficient (Wildman–Crippen LogP) is 3.75. The van der Waals surface area contributed by atoms with Crippen molar-refractivity contribution in [2.75, 3.05) is 6.54 Å². The van der Waals surface area contributed by atoms with Crippen LogP contribution >= 0.6 is 22.7 Å². The van der Waals surface area contributed by atoms with Crippen molar-refractivity contribution in [2.24, 2.45) is 0 Å². The van der Waals surface area contributed by atoms with Gasteiger partial charge >= 0.3 is 0 Å². The number of hydrogen-bond donors (Lipinski definition) is 1. The van der Waals surface area contributed by atoms with Gasteiger partial charge in [-0.05, 0) is 43.0 Å². The fraction of sp³-hybridized carbons (Fsp3) is 0.333. The van der Waals surface area contributed by atoms with E-state index in [9.17, 15) is 4.79 Å². The molecule has 0 aromatic carbocycles. The molecule has 0 saturated carbocycles. The van der Waals surface area contributed by atoms with Crippen LogP contribution in [-0.4, -0.2) is 28.4 Å². The Hall–Kier alpha value is -1.96. The number of nitrogens with one attached hydrogen (secondary N) is 1. The third-order valence-corrected chi connectivity index (χ3v) is 5.99. The van der Waals surface area contributed by atoms with Crippen LogP contribution in [-0.2, 0) is 17.9 Å². The molecule has 0 spiro atoms. The standard InChI is InChI=1S/C18H19N3O2S2/c22-17(19-9-15-3-2-7-23-15)16-4-1-6-21(16)10-14-12-25-18(20-14)13-5-8-24-11-13/h2-3,5,7-8,11-12,16H,1,4,6,9-10H2,(H,19,22). The highest BCUT2D eigenvalue weighted by Crippen LogP contribution is 2.27. The van der Waals surface area contributed by atoms with Gasteiger partial charge in [0.05, 0.1) is 24.5 Å². The highest BCUT2D eigenvalue weighted by atomic mass is 32.1. The molecule has 1 saturated heterocycles. The van der Waals surface area contributed by atoms with Crippen LogP contribution in [0.1, 0.15) is 24.3 Å². The Bertz CT molecular complexity index is 811. The molecule has 1 amide bonds. The van der Waals surface area contributed by atoms with E-state index in [0.29, 0.717) is 6.54 Å². The van der Waals surface area contributed by atoms with Gasteiger partial charge in [0.25, 0.3) is 0 Å². The summed E-state index contributed by atoms with van der Waals surface area (Å²) < 4.78 is 5.27. The normalized spacial score (nSPS) is 17.8. The minimum Gasteiger partial charge on any atom is -0.467 e. The molecule has 0 bridgehead atoms. The first-order valence-electron chi connectivity index (χ1n) is 8.31. The summed E-state index contributed by atoms with van der Waals surface area (Å²) in [6, 6.07) is 5.71. The van der Waals surface area contributed by atoms with Crippen molar-refractivity contribution in [1.29, 1.82) is 0 Å². The number of likely N-dealkylation sites (tertiary alicyclic amines) is 1. The number of nitrogens with zero attached hydrogens (tertiary/aromatic N) is 2. The maximum atomic E-state index is 12.5. The van der Waals surface area contributed by atoms with E-state index in [1.165, 1.54) is 5.56 Å². The minimum absolute atomic E-state index is 0.0715. The quantitative estimate of drug-likeness (QED) is 0.715. The molecule has 7 heteroatoms. The number of amides is 1. The Kier molecular flexibility index (Phi) is 4.96. The monoisotopic (exact) mass is 373 g/mol. The van der Waals surface area contributed by atoms with Gasteiger partial charge in [0.2, 0.25) is 5.91 Å². The van der Waals surface area contributed by atoms with E-state index in [-0.39, 0.29) is 11.9 Å². The molecule has 0 radical (unpaired) electrons. The van der Waals surface area contributed by atoms with Crippen LogP contribution in [0.25, 0.3) is 10.6 Å². The van der Waals surface area contributed by atoms with Crippen LogP contribution in [0.3, 0.4) is 0 Å². The highest BCUT2D eigenvalue weighted by molar-refractivity contribution is 7.14. The van der Waals surface area contributed by atoms with Crippen molar-refractivity contribution >= 4 is 28.6 Å². The third-order valence-electron chi connectivity index (χ3n) is 4.37. The molecule has 5 nitrogen and oxygen atoms in total. The van der Waals surface area contributed by atoms with Crippen molar-refractivity contribution in [3.63, 3.8) is 0 Å². The van der Waals surface area contributed by atoms with Crippen molar-refractivity contribution in [3.8, 4) is 10.6 Å². The number of thiazole rings is 1. The van der Waals surface area contributed by atoms with Gasteiger partial charge in [0, 0.05) is 22.9 Å².